The van der Waals surface area contributed by atoms with Crippen molar-refractivity contribution in [1.82, 2.24) is 4.57 Å². The first kappa shape index (κ1) is 15.0. The summed E-state index contributed by atoms with van der Waals surface area (Å²) in [6, 6.07) is 13.8. The van der Waals surface area contributed by atoms with E-state index in [1.165, 1.54) is 0 Å². The molecule has 3 rings (SSSR count). The molecule has 0 atom stereocenters. The first-order valence-electron chi connectivity index (χ1n) is 7.36. The number of phenols is 1. The quantitative estimate of drug-likeness (QED) is 0.754. The average molecular weight is 311 g/mol. The van der Waals surface area contributed by atoms with Crippen LogP contribution >= 0.6 is 0 Å². The number of carbonyl (C=O) groups is 1. The monoisotopic (exact) mass is 311 g/mol. The van der Waals surface area contributed by atoms with Crippen molar-refractivity contribution in [2.24, 2.45) is 0 Å². The van der Waals surface area contributed by atoms with E-state index in [2.05, 4.69) is 0 Å². The van der Waals surface area contributed by atoms with E-state index in [0.717, 1.165) is 11.1 Å². The molecule has 0 radical (unpaired) electrons. The van der Waals surface area contributed by atoms with Gasteiger partial charge in [-0.2, -0.15) is 0 Å². The van der Waals surface area contributed by atoms with E-state index >= 15 is 0 Å². The molecule has 5 heteroatoms. The van der Waals surface area contributed by atoms with Crippen molar-refractivity contribution in [2.75, 3.05) is 0 Å². The number of nitrogens with zero attached hydrogens (tertiary/aromatic N) is 1. The summed E-state index contributed by atoms with van der Waals surface area (Å²) in [4.78, 5) is 11.4. The minimum atomic E-state index is -0.941. The van der Waals surface area contributed by atoms with Gasteiger partial charge in [-0.25, -0.2) is 4.79 Å². The lowest BCUT2D eigenvalue weighted by Gasteiger charge is -2.11. The molecule has 0 saturated carbocycles. The highest BCUT2D eigenvalue weighted by Gasteiger charge is 2.15. The smallest absolute Gasteiger partial charge is 0.337 e. The van der Waals surface area contributed by atoms with Crippen LogP contribution in [0.25, 0.3) is 10.9 Å². The number of aryl methyl sites for hydroxylation is 1. The standard InChI is InChI=1S/C18H17NO4/c1-2-19-13(11-23-15-7-4-6-14(20)10-15)9-12-5-3-8-16(17(12)19)18(21)22/h3-10,20H,2,11H2,1H3,(H,21,22). The Hall–Kier alpha value is -2.95. The molecule has 1 aromatic heterocycles. The number of ether oxygens (including phenoxy) is 1. The van der Waals surface area contributed by atoms with Gasteiger partial charge in [0.15, 0.2) is 0 Å². The molecule has 2 aromatic carbocycles. The van der Waals surface area contributed by atoms with E-state index in [1.54, 1.807) is 36.4 Å². The van der Waals surface area contributed by atoms with Gasteiger partial charge in [0.05, 0.1) is 16.8 Å². The van der Waals surface area contributed by atoms with Gasteiger partial charge >= 0.3 is 5.97 Å². The van der Waals surface area contributed by atoms with Crippen molar-refractivity contribution in [3.05, 3.63) is 59.8 Å². The van der Waals surface area contributed by atoms with Crippen LogP contribution in [0.15, 0.2) is 48.5 Å². The second-order valence-corrected chi connectivity index (χ2v) is 5.21. The van der Waals surface area contributed by atoms with Crippen molar-refractivity contribution in [2.45, 2.75) is 20.1 Å². The molecule has 0 spiro atoms. The summed E-state index contributed by atoms with van der Waals surface area (Å²) in [6.07, 6.45) is 0. The van der Waals surface area contributed by atoms with Crippen molar-refractivity contribution in [3.63, 3.8) is 0 Å². The van der Waals surface area contributed by atoms with Crippen LogP contribution < -0.4 is 4.74 Å². The summed E-state index contributed by atoms with van der Waals surface area (Å²) in [5.74, 6) is -0.230. The third-order valence-corrected chi connectivity index (χ3v) is 3.76. The minimum Gasteiger partial charge on any atom is -0.508 e. The number of aromatic nitrogens is 1. The fraction of sp³-hybridized carbons (Fsp3) is 0.167. The van der Waals surface area contributed by atoms with Gasteiger partial charge in [-0.1, -0.05) is 18.2 Å². The molecular weight excluding hydrogens is 294 g/mol. The molecule has 0 bridgehead atoms. The first-order chi connectivity index (χ1) is 11.1. The number of benzene rings is 2. The van der Waals surface area contributed by atoms with E-state index in [9.17, 15) is 15.0 Å². The Bertz CT molecular complexity index is 867. The Morgan fingerprint density at radius 1 is 1.17 bits per heavy atom. The first-order valence-corrected chi connectivity index (χ1v) is 7.36. The molecule has 1 heterocycles. The van der Waals surface area contributed by atoms with E-state index in [-0.39, 0.29) is 11.3 Å². The SMILES string of the molecule is CCn1c(COc2cccc(O)c2)cc2cccc(C(=O)O)c21. The van der Waals surface area contributed by atoms with Crippen LogP contribution in [-0.4, -0.2) is 20.7 Å². The van der Waals surface area contributed by atoms with E-state index < -0.39 is 5.97 Å². The highest BCUT2D eigenvalue weighted by molar-refractivity contribution is 6.02. The molecule has 0 aliphatic heterocycles. The van der Waals surface area contributed by atoms with E-state index in [1.807, 2.05) is 23.6 Å². The van der Waals surface area contributed by atoms with Crippen molar-refractivity contribution >= 4 is 16.9 Å². The van der Waals surface area contributed by atoms with E-state index in [0.29, 0.717) is 24.4 Å². The Morgan fingerprint density at radius 3 is 2.65 bits per heavy atom. The van der Waals surface area contributed by atoms with Gasteiger partial charge in [-0.05, 0) is 31.2 Å². The summed E-state index contributed by atoms with van der Waals surface area (Å²) < 4.78 is 7.66. The maximum Gasteiger partial charge on any atom is 0.337 e. The average Bonchev–Trinajstić information content (AvgIpc) is 2.90. The number of aromatic carboxylic acids is 1. The number of hydrogen-bond acceptors (Lipinski definition) is 3. The molecule has 2 N–H and O–H groups in total. The van der Waals surface area contributed by atoms with Crippen LogP contribution in [0.3, 0.4) is 0 Å². The van der Waals surface area contributed by atoms with Crippen LogP contribution in [-0.2, 0) is 13.2 Å². The Kier molecular flexibility index (Phi) is 3.93. The van der Waals surface area contributed by atoms with Gasteiger partial charge in [-0.3, -0.25) is 0 Å². The molecule has 23 heavy (non-hydrogen) atoms. The molecule has 0 aliphatic rings. The maximum absolute atomic E-state index is 11.4. The Labute approximate surface area is 133 Å². The fourth-order valence-corrected chi connectivity index (χ4v) is 2.76. The number of hydrogen-bond donors (Lipinski definition) is 2. The number of fused-ring (bicyclic) bond motifs is 1. The Morgan fingerprint density at radius 2 is 1.96 bits per heavy atom. The predicted molar refractivity (Wildman–Crippen MR) is 87.0 cm³/mol. The topological polar surface area (TPSA) is 71.7 Å². The van der Waals surface area contributed by atoms with Crippen molar-refractivity contribution < 1.29 is 19.7 Å². The number of para-hydroxylation sites is 1. The summed E-state index contributed by atoms with van der Waals surface area (Å²) in [5, 5.41) is 19.7. The van der Waals surface area contributed by atoms with Crippen molar-refractivity contribution in [3.8, 4) is 11.5 Å². The molecule has 0 unspecified atom stereocenters. The van der Waals surface area contributed by atoms with Gasteiger partial charge in [0.25, 0.3) is 0 Å². The zero-order valence-electron chi connectivity index (χ0n) is 12.7. The van der Waals surface area contributed by atoms with Gasteiger partial charge in [-0.15, -0.1) is 0 Å². The van der Waals surface area contributed by atoms with Crippen molar-refractivity contribution in [1.29, 1.82) is 0 Å². The highest BCUT2D eigenvalue weighted by Crippen LogP contribution is 2.25. The third-order valence-electron chi connectivity index (χ3n) is 3.76. The Balaban J connectivity index is 1.98. The number of aromatic hydroxyl groups is 1. The van der Waals surface area contributed by atoms with Gasteiger partial charge in [0.2, 0.25) is 0 Å². The highest BCUT2D eigenvalue weighted by atomic mass is 16.5. The molecule has 118 valence electrons. The molecule has 3 aromatic rings. The maximum atomic E-state index is 11.4. The van der Waals surface area contributed by atoms with Crippen LogP contribution in [0.4, 0.5) is 0 Å². The number of rotatable bonds is 5. The number of carboxylic acid groups (broad SMARTS) is 1. The molecule has 5 nitrogen and oxygen atoms in total. The van der Waals surface area contributed by atoms with Crippen LogP contribution in [0, 0.1) is 0 Å². The van der Waals surface area contributed by atoms with Crippen LogP contribution in [0.1, 0.15) is 23.0 Å². The lowest BCUT2D eigenvalue weighted by molar-refractivity contribution is 0.0698. The molecule has 0 fully saturated rings. The van der Waals surface area contributed by atoms with Gasteiger partial charge in [0, 0.05) is 18.0 Å². The molecular formula is C18H17NO4. The fourth-order valence-electron chi connectivity index (χ4n) is 2.76. The second-order valence-electron chi connectivity index (χ2n) is 5.21. The summed E-state index contributed by atoms with van der Waals surface area (Å²) >= 11 is 0. The lowest BCUT2D eigenvalue weighted by Crippen LogP contribution is -2.07. The summed E-state index contributed by atoms with van der Waals surface area (Å²) in [7, 11) is 0. The van der Waals surface area contributed by atoms with E-state index in [4.69, 9.17) is 4.74 Å². The van der Waals surface area contributed by atoms with Gasteiger partial charge in [0.1, 0.15) is 18.1 Å². The predicted octanol–water partition coefficient (Wildman–Crippen LogP) is 3.64. The normalized spacial score (nSPS) is 10.8. The zero-order valence-corrected chi connectivity index (χ0v) is 12.7. The number of carboxylic acids is 1. The molecule has 0 aliphatic carbocycles. The summed E-state index contributed by atoms with van der Waals surface area (Å²) in [6.45, 7) is 2.91. The molecule has 0 saturated heterocycles. The molecule has 0 amide bonds. The van der Waals surface area contributed by atoms with Crippen LogP contribution in [0.2, 0.25) is 0 Å². The van der Waals surface area contributed by atoms with Gasteiger partial charge < -0.3 is 19.5 Å². The second kappa shape index (κ2) is 6.04. The zero-order chi connectivity index (χ0) is 16.4. The largest absolute Gasteiger partial charge is 0.508 e. The third kappa shape index (κ3) is 2.85. The lowest BCUT2D eigenvalue weighted by atomic mass is 10.1. The number of phenolic OH excluding ortho intramolecular Hbond substituents is 1. The summed E-state index contributed by atoms with van der Waals surface area (Å²) in [5.41, 5.74) is 1.88. The minimum absolute atomic E-state index is 0.145. The van der Waals surface area contributed by atoms with Crippen LogP contribution in [0.5, 0.6) is 11.5 Å².